The number of nitrogens with two attached hydrogens (primary N) is 2. The summed E-state index contributed by atoms with van der Waals surface area (Å²) >= 11 is 0. The average Bonchev–Trinajstić information content (AvgIpc) is 2.18. The molecule has 68 valence electrons. The monoisotopic (exact) mass is 177 g/mol. The lowest BCUT2D eigenvalue weighted by Gasteiger charge is -2.03. The number of aldehydes is 1. The first-order valence-corrected chi connectivity index (χ1v) is 3.76. The molecule has 0 aromatic heterocycles. The average molecular weight is 177 g/mol. The highest BCUT2D eigenvalue weighted by molar-refractivity contribution is 5.84. The van der Waals surface area contributed by atoms with E-state index in [1.807, 2.05) is 0 Å². The topological polar surface area (TPSA) is 81.1 Å². The van der Waals surface area contributed by atoms with Gasteiger partial charge in [-0.05, 0) is 0 Å². The van der Waals surface area contributed by atoms with Crippen LogP contribution in [-0.4, -0.2) is 6.29 Å². The molecule has 0 atom stereocenters. The Bertz CT molecular complexity index is 333. The maximum absolute atomic E-state index is 10.6. The third-order valence-electron chi connectivity index (χ3n) is 1.64. The first-order chi connectivity index (χ1) is 6.29. The SMILES string of the molecule is NN/C=C(\N)c1ccccc1C=O. The summed E-state index contributed by atoms with van der Waals surface area (Å²) in [5.74, 6) is 5.06. The van der Waals surface area contributed by atoms with E-state index in [0.29, 0.717) is 16.8 Å². The fourth-order valence-corrected chi connectivity index (χ4v) is 1.03. The molecule has 0 aliphatic heterocycles. The smallest absolute Gasteiger partial charge is 0.150 e. The molecule has 4 heteroatoms. The second kappa shape index (κ2) is 4.27. The molecule has 0 heterocycles. The van der Waals surface area contributed by atoms with E-state index in [-0.39, 0.29) is 0 Å². The summed E-state index contributed by atoms with van der Waals surface area (Å²) in [6.45, 7) is 0. The van der Waals surface area contributed by atoms with Gasteiger partial charge in [0.15, 0.2) is 6.29 Å². The summed E-state index contributed by atoms with van der Waals surface area (Å²) in [6.07, 6.45) is 2.19. The summed E-state index contributed by atoms with van der Waals surface area (Å²) in [6, 6.07) is 7.03. The minimum Gasteiger partial charge on any atom is -0.397 e. The Balaban J connectivity index is 3.12. The molecule has 1 aromatic carbocycles. The highest BCUT2D eigenvalue weighted by Crippen LogP contribution is 2.12. The number of nitrogens with one attached hydrogen (secondary N) is 1. The largest absolute Gasteiger partial charge is 0.397 e. The fraction of sp³-hybridized carbons (Fsp3) is 0. The van der Waals surface area contributed by atoms with Crippen molar-refractivity contribution < 1.29 is 4.79 Å². The van der Waals surface area contributed by atoms with Crippen molar-refractivity contribution in [3.05, 3.63) is 41.6 Å². The molecule has 1 aromatic rings. The number of benzene rings is 1. The molecule has 5 N–H and O–H groups in total. The third kappa shape index (κ3) is 2.07. The highest BCUT2D eigenvalue weighted by atomic mass is 16.1. The summed E-state index contributed by atoms with van der Waals surface area (Å²) in [7, 11) is 0. The molecule has 0 aliphatic carbocycles. The fourth-order valence-electron chi connectivity index (χ4n) is 1.03. The van der Waals surface area contributed by atoms with Gasteiger partial charge in [-0.1, -0.05) is 24.3 Å². The molecule has 0 radical (unpaired) electrons. The van der Waals surface area contributed by atoms with Gasteiger partial charge >= 0.3 is 0 Å². The van der Waals surface area contributed by atoms with Gasteiger partial charge in [0.05, 0.1) is 5.70 Å². The van der Waals surface area contributed by atoms with Crippen LogP contribution in [0.4, 0.5) is 0 Å². The molecule has 4 nitrogen and oxygen atoms in total. The van der Waals surface area contributed by atoms with E-state index in [0.717, 1.165) is 6.29 Å². The number of hydrazine groups is 1. The molecule has 0 unspecified atom stereocenters. The molecule has 0 bridgehead atoms. The predicted molar refractivity (Wildman–Crippen MR) is 51.3 cm³/mol. The van der Waals surface area contributed by atoms with Gasteiger partial charge in [0.25, 0.3) is 0 Å². The van der Waals surface area contributed by atoms with E-state index in [9.17, 15) is 4.79 Å². The van der Waals surface area contributed by atoms with E-state index < -0.39 is 0 Å². The zero-order valence-corrected chi connectivity index (χ0v) is 7.03. The molecule has 0 fully saturated rings. The lowest BCUT2D eigenvalue weighted by atomic mass is 10.1. The summed E-state index contributed by atoms with van der Waals surface area (Å²) in [5.41, 5.74) is 9.62. The van der Waals surface area contributed by atoms with Crippen LogP contribution in [0.25, 0.3) is 5.70 Å². The zero-order valence-electron chi connectivity index (χ0n) is 7.03. The van der Waals surface area contributed by atoms with Gasteiger partial charge in [0, 0.05) is 17.3 Å². The van der Waals surface area contributed by atoms with Crippen LogP contribution >= 0.6 is 0 Å². The van der Waals surface area contributed by atoms with E-state index in [4.69, 9.17) is 11.6 Å². The molecule has 0 saturated heterocycles. The first-order valence-electron chi connectivity index (χ1n) is 3.76. The van der Waals surface area contributed by atoms with Crippen molar-refractivity contribution >= 4 is 12.0 Å². The van der Waals surface area contributed by atoms with Crippen molar-refractivity contribution in [1.82, 2.24) is 5.43 Å². The molecule has 13 heavy (non-hydrogen) atoms. The number of carbonyl (C=O) groups is 1. The lowest BCUT2D eigenvalue weighted by Crippen LogP contribution is -2.16. The van der Waals surface area contributed by atoms with E-state index >= 15 is 0 Å². The van der Waals surface area contributed by atoms with E-state index in [2.05, 4.69) is 5.43 Å². The summed E-state index contributed by atoms with van der Waals surface area (Å²) in [4.78, 5) is 10.6. The molecule has 0 saturated carbocycles. The van der Waals surface area contributed by atoms with Gasteiger partial charge in [0.2, 0.25) is 0 Å². The normalized spacial score (nSPS) is 11.0. The second-order valence-corrected chi connectivity index (χ2v) is 2.47. The van der Waals surface area contributed by atoms with Gasteiger partial charge < -0.3 is 11.2 Å². The molecular weight excluding hydrogens is 166 g/mol. The highest BCUT2D eigenvalue weighted by Gasteiger charge is 2.01. The Kier molecular flexibility index (Phi) is 3.05. The van der Waals surface area contributed by atoms with Crippen LogP contribution in [-0.2, 0) is 0 Å². The number of hydrogen-bond acceptors (Lipinski definition) is 4. The van der Waals surface area contributed by atoms with E-state index in [1.165, 1.54) is 6.20 Å². The molecule has 1 rings (SSSR count). The standard InChI is InChI=1S/C9H11N3O/c10-9(5-12-11)8-4-2-1-3-7(8)6-13/h1-6,12H,10-11H2/b9-5-. The van der Waals surface area contributed by atoms with Gasteiger partial charge in [-0.15, -0.1) is 0 Å². The van der Waals surface area contributed by atoms with Crippen LogP contribution in [0.3, 0.4) is 0 Å². The van der Waals surface area contributed by atoms with Crippen LogP contribution in [0.1, 0.15) is 15.9 Å². The zero-order chi connectivity index (χ0) is 9.68. The number of hydrogen-bond donors (Lipinski definition) is 3. The maximum atomic E-state index is 10.6. The quantitative estimate of drug-likeness (QED) is 0.350. The van der Waals surface area contributed by atoms with Crippen LogP contribution < -0.4 is 17.0 Å². The van der Waals surface area contributed by atoms with Crippen molar-refractivity contribution in [2.45, 2.75) is 0 Å². The second-order valence-electron chi connectivity index (χ2n) is 2.47. The van der Waals surface area contributed by atoms with Crippen molar-refractivity contribution in [3.8, 4) is 0 Å². The Morgan fingerprint density at radius 1 is 1.38 bits per heavy atom. The van der Waals surface area contributed by atoms with Crippen LogP contribution in [0.2, 0.25) is 0 Å². The Labute approximate surface area is 76.2 Å². The third-order valence-corrected chi connectivity index (χ3v) is 1.64. The maximum Gasteiger partial charge on any atom is 0.150 e. The minimum atomic E-state index is 0.435. The van der Waals surface area contributed by atoms with Crippen LogP contribution in [0.15, 0.2) is 30.5 Å². The van der Waals surface area contributed by atoms with Crippen LogP contribution in [0.5, 0.6) is 0 Å². The van der Waals surface area contributed by atoms with Crippen molar-refractivity contribution in [2.75, 3.05) is 0 Å². The Hall–Kier alpha value is -1.81. The van der Waals surface area contributed by atoms with Crippen molar-refractivity contribution in [3.63, 3.8) is 0 Å². The Morgan fingerprint density at radius 3 is 2.69 bits per heavy atom. The first kappa shape index (κ1) is 9.28. The van der Waals surface area contributed by atoms with E-state index in [1.54, 1.807) is 24.3 Å². The number of carbonyl (C=O) groups excluding carboxylic acids is 1. The van der Waals surface area contributed by atoms with Gasteiger partial charge in [0.1, 0.15) is 0 Å². The van der Waals surface area contributed by atoms with Gasteiger partial charge in [-0.25, -0.2) is 0 Å². The van der Waals surface area contributed by atoms with Crippen LogP contribution in [0, 0.1) is 0 Å². The predicted octanol–water partition coefficient (Wildman–Crippen LogP) is 0.219. The van der Waals surface area contributed by atoms with Gasteiger partial charge in [-0.3, -0.25) is 10.6 Å². The minimum absolute atomic E-state index is 0.435. The molecule has 0 aliphatic rings. The van der Waals surface area contributed by atoms with Gasteiger partial charge in [-0.2, -0.15) is 0 Å². The molecular formula is C9H11N3O. The summed E-state index contributed by atoms with van der Waals surface area (Å²) in [5, 5.41) is 0. The van der Waals surface area contributed by atoms with Crippen molar-refractivity contribution in [2.24, 2.45) is 11.6 Å². The van der Waals surface area contributed by atoms with Crippen molar-refractivity contribution in [1.29, 1.82) is 0 Å². The lowest BCUT2D eigenvalue weighted by molar-refractivity contribution is 0.112. The Morgan fingerprint density at radius 2 is 2.08 bits per heavy atom. The molecule has 0 spiro atoms. The summed E-state index contributed by atoms with van der Waals surface area (Å²) < 4.78 is 0. The number of rotatable bonds is 3. The molecule has 0 amide bonds.